The van der Waals surface area contributed by atoms with Crippen molar-refractivity contribution in [2.45, 2.75) is 46.9 Å². The maximum absolute atomic E-state index is 12.3. The second kappa shape index (κ2) is 19.5. The molecule has 0 atom stereocenters. The fourth-order valence-corrected chi connectivity index (χ4v) is 2.22. The van der Waals surface area contributed by atoms with Gasteiger partial charge in [0.05, 0.1) is 7.11 Å². The molecule has 0 aliphatic rings. The summed E-state index contributed by atoms with van der Waals surface area (Å²) in [7, 11) is 1.16. The molecule has 0 fully saturated rings. The minimum Gasteiger partial charge on any atom is -0.464 e. The number of carbonyl (C=O) groups excluding carboxylic acids is 2. The Labute approximate surface area is 249 Å². The van der Waals surface area contributed by atoms with Gasteiger partial charge in [-0.05, 0) is 17.7 Å². The summed E-state index contributed by atoms with van der Waals surface area (Å²) >= 11 is 0. The number of halogens is 3. The molecule has 0 aliphatic carbocycles. The maximum atomic E-state index is 12.3. The summed E-state index contributed by atoms with van der Waals surface area (Å²) in [5, 5.41) is 2.32. The molecule has 0 bridgehead atoms. The van der Waals surface area contributed by atoms with Gasteiger partial charge in [-0.25, -0.2) is 4.79 Å². The van der Waals surface area contributed by atoms with E-state index in [1.807, 2.05) is 0 Å². The van der Waals surface area contributed by atoms with Crippen molar-refractivity contribution in [3.8, 4) is 16.9 Å². The number of methoxy groups -OCH3 is 1. The van der Waals surface area contributed by atoms with Crippen LogP contribution in [0.15, 0.2) is 48.7 Å². The third-order valence-electron chi connectivity index (χ3n) is 3.86. The standard InChI is InChI=1S/C19H15F3NO4.C4H10.C2H5.CH3.K/c1-11-8-14(13-4-6-16(7-5-13)27-19(20,21)22)10-15(9-11)17(24)23-12(2)18(25)26-3;1-3-4-2;1-2;;/h4-7,9-10H,2H2,1,3H3,(H,23,24);3-4H2,1-2H3;1H2,2H3;1H3;/q-1;;2*-1;+1. The van der Waals surface area contributed by atoms with Gasteiger partial charge in [0, 0.05) is 0 Å². The second-order valence-corrected chi connectivity index (χ2v) is 6.46. The SMILES string of the molecule is C=C(NC(=O)c1cc(C)[c-]c(-c2ccc(OC(F)(F)F)cc2)c1)C(=O)OC.CCCC.[CH2-]C.[CH3-].[K+]. The molecular weight excluding hydrogens is 486 g/mol. The first kappa shape index (κ1) is 37.9. The van der Waals surface area contributed by atoms with Crippen LogP contribution in [0, 0.1) is 27.3 Å². The predicted molar refractivity (Wildman–Crippen MR) is 129 cm³/mol. The number of alkyl halides is 3. The van der Waals surface area contributed by atoms with Crippen LogP contribution in [0.4, 0.5) is 13.2 Å². The fraction of sp³-hybridized carbons (Fsp3) is 0.308. The number of carbonyl (C=O) groups is 2. The fourth-order valence-electron chi connectivity index (χ4n) is 2.22. The van der Waals surface area contributed by atoms with E-state index in [2.05, 4.69) is 48.2 Å². The maximum Gasteiger partial charge on any atom is 1.00 e. The Kier molecular flexibility index (Phi) is 21.1. The van der Waals surface area contributed by atoms with Crippen molar-refractivity contribution in [2.24, 2.45) is 0 Å². The van der Waals surface area contributed by atoms with E-state index in [1.54, 1.807) is 19.9 Å². The third-order valence-corrected chi connectivity index (χ3v) is 3.86. The van der Waals surface area contributed by atoms with Crippen LogP contribution < -0.4 is 61.4 Å². The zero-order valence-corrected chi connectivity index (χ0v) is 24.7. The van der Waals surface area contributed by atoms with Gasteiger partial charge in [0.15, 0.2) is 0 Å². The third kappa shape index (κ3) is 15.1. The van der Waals surface area contributed by atoms with Gasteiger partial charge >= 0.3 is 63.7 Å². The molecule has 5 nitrogen and oxygen atoms in total. The second-order valence-electron chi connectivity index (χ2n) is 6.46. The van der Waals surface area contributed by atoms with E-state index in [1.165, 1.54) is 31.0 Å². The number of benzene rings is 2. The van der Waals surface area contributed by atoms with Gasteiger partial charge in [0.1, 0.15) is 11.4 Å². The number of esters is 1. The summed E-state index contributed by atoms with van der Waals surface area (Å²) in [5.74, 6) is -1.71. The zero-order valence-electron chi connectivity index (χ0n) is 21.6. The molecule has 35 heavy (non-hydrogen) atoms. The molecule has 2 aromatic rings. The molecule has 9 heteroatoms. The number of rotatable bonds is 6. The van der Waals surface area contributed by atoms with Crippen LogP contribution in [0.1, 0.15) is 49.5 Å². The Balaban J connectivity index is -0.00000116. The Morgan fingerprint density at radius 1 is 1.09 bits per heavy atom. The number of hydrogen-bond donors (Lipinski definition) is 1. The van der Waals surface area contributed by atoms with Crippen LogP contribution >= 0.6 is 0 Å². The molecule has 0 heterocycles. The van der Waals surface area contributed by atoms with Crippen LogP contribution in [0.2, 0.25) is 0 Å². The average Bonchev–Trinajstić information content (AvgIpc) is 2.78. The molecule has 1 N–H and O–H groups in total. The molecular formula is C26H33F3KNO4-2. The van der Waals surface area contributed by atoms with Crippen molar-refractivity contribution < 1.29 is 83.6 Å². The molecule has 2 rings (SSSR count). The Morgan fingerprint density at radius 3 is 2.03 bits per heavy atom. The molecule has 0 unspecified atom stereocenters. The first-order chi connectivity index (χ1) is 15.5. The number of nitrogens with one attached hydrogen (secondary N) is 1. The first-order valence-electron chi connectivity index (χ1n) is 10.2. The summed E-state index contributed by atoms with van der Waals surface area (Å²) in [6.45, 7) is 14.5. The molecule has 1 amide bonds. The van der Waals surface area contributed by atoms with Crippen LogP contribution in [0.5, 0.6) is 5.75 Å². The largest absolute Gasteiger partial charge is 1.00 e. The van der Waals surface area contributed by atoms with Crippen molar-refractivity contribution in [3.63, 3.8) is 0 Å². The molecule has 190 valence electrons. The molecule has 2 aromatic carbocycles. The summed E-state index contributed by atoms with van der Waals surface area (Å²) < 4.78 is 45.0. The Morgan fingerprint density at radius 2 is 1.60 bits per heavy atom. The van der Waals surface area contributed by atoms with E-state index in [-0.39, 0.29) is 75.8 Å². The monoisotopic (exact) mass is 519 g/mol. The number of ether oxygens (including phenoxy) is 2. The van der Waals surface area contributed by atoms with Crippen molar-refractivity contribution in [3.05, 3.63) is 80.2 Å². The zero-order chi connectivity index (χ0) is 25.6. The van der Waals surface area contributed by atoms with Crippen LogP contribution in [-0.2, 0) is 9.53 Å². The molecule has 0 saturated heterocycles. The van der Waals surface area contributed by atoms with Crippen molar-refractivity contribution >= 4 is 11.9 Å². The van der Waals surface area contributed by atoms with Crippen molar-refractivity contribution in [1.29, 1.82) is 0 Å². The van der Waals surface area contributed by atoms with E-state index >= 15 is 0 Å². The van der Waals surface area contributed by atoms with E-state index in [0.29, 0.717) is 16.7 Å². The van der Waals surface area contributed by atoms with Crippen molar-refractivity contribution in [2.75, 3.05) is 7.11 Å². The van der Waals surface area contributed by atoms with E-state index in [9.17, 15) is 22.8 Å². The minimum atomic E-state index is -4.77. The van der Waals surface area contributed by atoms with Gasteiger partial charge in [0.2, 0.25) is 5.91 Å². The van der Waals surface area contributed by atoms with Gasteiger partial charge in [-0.2, -0.15) is 6.92 Å². The van der Waals surface area contributed by atoms with E-state index in [0.717, 1.165) is 19.2 Å². The van der Waals surface area contributed by atoms with Gasteiger partial charge in [-0.3, -0.25) is 4.79 Å². The van der Waals surface area contributed by atoms with Gasteiger partial charge in [-0.15, -0.1) is 42.5 Å². The topological polar surface area (TPSA) is 64.6 Å². The molecule has 0 aromatic heterocycles. The predicted octanol–water partition coefficient (Wildman–Crippen LogP) is 3.88. The summed E-state index contributed by atoms with van der Waals surface area (Å²) in [5.41, 5.74) is 1.65. The molecule has 0 spiro atoms. The van der Waals surface area contributed by atoms with Crippen molar-refractivity contribution in [1.82, 2.24) is 5.32 Å². The number of unbranched alkanes of at least 4 members (excludes halogenated alkanes) is 1. The Bertz CT molecular complexity index is 912. The van der Waals surface area contributed by atoms with Crippen LogP contribution in [-0.4, -0.2) is 25.3 Å². The van der Waals surface area contributed by atoms with Gasteiger partial charge in [-0.1, -0.05) is 57.9 Å². The summed E-state index contributed by atoms with van der Waals surface area (Å²) in [6, 6.07) is 11.2. The Hall–Kier alpha value is -1.65. The molecule has 0 aliphatic heterocycles. The number of aryl methyl sites for hydroxylation is 1. The van der Waals surface area contributed by atoms with Gasteiger partial charge < -0.3 is 29.1 Å². The number of hydrogen-bond acceptors (Lipinski definition) is 4. The quantitative estimate of drug-likeness (QED) is 0.272. The van der Waals surface area contributed by atoms with Gasteiger partial charge in [0.25, 0.3) is 0 Å². The summed E-state index contributed by atoms with van der Waals surface area (Å²) in [6.07, 6.45) is -2.13. The molecule has 0 saturated carbocycles. The number of amides is 1. The first-order valence-corrected chi connectivity index (χ1v) is 10.2. The van der Waals surface area contributed by atoms with E-state index < -0.39 is 18.2 Å². The van der Waals surface area contributed by atoms with E-state index in [4.69, 9.17) is 0 Å². The average molecular weight is 520 g/mol. The van der Waals surface area contributed by atoms with Crippen LogP contribution in [0.3, 0.4) is 0 Å². The normalized spacial score (nSPS) is 9.40. The molecule has 0 radical (unpaired) electrons. The smallest absolute Gasteiger partial charge is 0.464 e. The minimum absolute atomic E-state index is 0. The summed E-state index contributed by atoms with van der Waals surface area (Å²) in [4.78, 5) is 23.6. The van der Waals surface area contributed by atoms with Crippen LogP contribution in [0.25, 0.3) is 11.1 Å².